The molecule has 0 radical (unpaired) electrons. The molecule has 2 nitrogen and oxygen atoms in total. The Bertz CT molecular complexity index is 396. The average Bonchev–Trinajstić information content (AvgIpc) is 2.99. The Morgan fingerprint density at radius 1 is 1.56 bits per heavy atom. The van der Waals surface area contributed by atoms with E-state index < -0.39 is 0 Å². The van der Waals surface area contributed by atoms with Gasteiger partial charge in [-0.25, -0.2) is 0 Å². The van der Waals surface area contributed by atoms with Gasteiger partial charge < -0.3 is 10.4 Å². The molecule has 2 aliphatic carbocycles. The van der Waals surface area contributed by atoms with Crippen LogP contribution in [0, 0.1) is 11.8 Å². The highest BCUT2D eigenvalue weighted by atomic mass is 16.3. The molecule has 0 aromatic rings. The topological polar surface area (TPSA) is 42.2 Å². The maximum Gasteiger partial charge on any atom is 0.115 e. The second kappa shape index (κ2) is 3.24. The number of aliphatic hydroxyl groups excluding tert-OH is 1. The van der Waals surface area contributed by atoms with Gasteiger partial charge in [-0.05, 0) is 49.8 Å². The van der Waals surface area contributed by atoms with Gasteiger partial charge in [0, 0.05) is 17.5 Å². The van der Waals surface area contributed by atoms with E-state index in [0.29, 0.717) is 17.5 Å². The third-order valence-corrected chi connectivity index (χ3v) is 4.76. The lowest BCUT2D eigenvalue weighted by atomic mass is 9.74. The molecule has 0 amide bonds. The van der Waals surface area contributed by atoms with Crippen molar-refractivity contribution in [3.63, 3.8) is 0 Å². The summed E-state index contributed by atoms with van der Waals surface area (Å²) < 4.78 is 0. The predicted molar refractivity (Wildman–Crippen MR) is 65.2 cm³/mol. The van der Waals surface area contributed by atoms with Crippen LogP contribution < -0.4 is 5.32 Å². The molecule has 2 N–H and O–H groups in total. The van der Waals surface area contributed by atoms with Crippen LogP contribution in [0.4, 0.5) is 0 Å². The molecule has 3 rings (SSSR count). The Kier molecular flexibility index (Phi) is 2.05. The van der Waals surface area contributed by atoms with Crippen molar-refractivity contribution < 1.29 is 5.11 Å². The lowest BCUT2D eigenvalue weighted by molar-refractivity contribution is 0.232. The van der Waals surface area contributed by atoms with E-state index in [9.17, 15) is 5.11 Å². The smallest absolute Gasteiger partial charge is 0.115 e. The zero-order chi connectivity index (χ0) is 11.3. The minimum atomic E-state index is 0.280. The van der Waals surface area contributed by atoms with Crippen LogP contribution in [-0.2, 0) is 0 Å². The van der Waals surface area contributed by atoms with E-state index in [0.717, 1.165) is 5.92 Å². The largest absolute Gasteiger partial charge is 0.508 e. The van der Waals surface area contributed by atoms with Crippen molar-refractivity contribution in [1.29, 1.82) is 0 Å². The van der Waals surface area contributed by atoms with Crippen molar-refractivity contribution in [3.8, 4) is 0 Å². The SMILES string of the molecule is C=C/C(O)=C\C(=C/C)C1CC2CC[C@]23NC13. The van der Waals surface area contributed by atoms with Gasteiger partial charge >= 0.3 is 0 Å². The molecule has 3 aliphatic rings. The number of aliphatic hydroxyl groups is 1. The van der Waals surface area contributed by atoms with Gasteiger partial charge in [-0.1, -0.05) is 12.7 Å². The van der Waals surface area contributed by atoms with E-state index in [2.05, 4.69) is 24.9 Å². The number of nitrogens with one attached hydrogen (secondary N) is 1. The molecule has 1 aliphatic heterocycles. The molecule has 1 heterocycles. The van der Waals surface area contributed by atoms with Crippen LogP contribution in [0.15, 0.2) is 36.1 Å². The van der Waals surface area contributed by atoms with Gasteiger partial charge in [-0.2, -0.15) is 0 Å². The van der Waals surface area contributed by atoms with Crippen molar-refractivity contribution in [2.45, 2.75) is 37.8 Å². The molecule has 2 saturated carbocycles. The van der Waals surface area contributed by atoms with E-state index in [-0.39, 0.29) is 5.76 Å². The van der Waals surface area contributed by atoms with Crippen molar-refractivity contribution >= 4 is 0 Å². The fourth-order valence-electron chi connectivity index (χ4n) is 3.70. The number of allylic oxidation sites excluding steroid dienone is 3. The first kappa shape index (κ1) is 10.2. The zero-order valence-corrected chi connectivity index (χ0v) is 9.74. The molecule has 1 saturated heterocycles. The summed E-state index contributed by atoms with van der Waals surface area (Å²) in [6, 6.07) is 0.673. The number of hydrogen-bond donors (Lipinski definition) is 2. The normalized spacial score (nSPS) is 45.7. The Labute approximate surface area is 96.7 Å². The highest BCUT2D eigenvalue weighted by Gasteiger charge is 2.70. The first-order valence-electron chi connectivity index (χ1n) is 6.18. The lowest BCUT2D eigenvalue weighted by Gasteiger charge is -2.32. The summed E-state index contributed by atoms with van der Waals surface area (Å²) in [7, 11) is 0. The molecule has 16 heavy (non-hydrogen) atoms. The van der Waals surface area contributed by atoms with Gasteiger partial charge in [0.25, 0.3) is 0 Å². The quantitative estimate of drug-likeness (QED) is 0.433. The summed E-state index contributed by atoms with van der Waals surface area (Å²) in [5, 5.41) is 13.2. The summed E-state index contributed by atoms with van der Waals surface area (Å²) in [6.45, 7) is 5.64. The maximum absolute atomic E-state index is 9.55. The van der Waals surface area contributed by atoms with Crippen molar-refractivity contribution in [2.24, 2.45) is 11.8 Å². The van der Waals surface area contributed by atoms with Crippen LogP contribution in [0.1, 0.15) is 26.2 Å². The van der Waals surface area contributed by atoms with Crippen LogP contribution in [0.25, 0.3) is 0 Å². The molecule has 4 atom stereocenters. The summed E-state index contributed by atoms with van der Waals surface area (Å²) in [5.74, 6) is 1.76. The van der Waals surface area contributed by atoms with Crippen molar-refractivity contribution in [3.05, 3.63) is 36.1 Å². The predicted octanol–water partition coefficient (Wildman–Crippen LogP) is 2.70. The summed E-state index contributed by atoms with van der Waals surface area (Å²) in [6.07, 6.45) is 9.53. The lowest BCUT2D eigenvalue weighted by Crippen LogP contribution is -2.35. The van der Waals surface area contributed by atoms with Crippen LogP contribution in [0.2, 0.25) is 0 Å². The van der Waals surface area contributed by atoms with Gasteiger partial charge in [0.15, 0.2) is 0 Å². The van der Waals surface area contributed by atoms with Gasteiger partial charge in [0.1, 0.15) is 5.76 Å². The fraction of sp³-hybridized carbons (Fsp3) is 0.571. The Morgan fingerprint density at radius 3 is 2.75 bits per heavy atom. The van der Waals surface area contributed by atoms with Crippen LogP contribution >= 0.6 is 0 Å². The molecule has 0 aromatic heterocycles. The van der Waals surface area contributed by atoms with Gasteiger partial charge in [-0.15, -0.1) is 0 Å². The standard InChI is InChI=1S/C14H19NO/c1-3-9(7-11(16)4-2)12-8-10-5-6-14(10)13(12)15-14/h3-4,7,10,12-13,15-16H,2,5-6,8H2,1H3/b9-3+,11-7+/t10?,12?,13?,14-/m0/s1. The molecular formula is C14H19NO. The van der Waals surface area contributed by atoms with Crippen molar-refractivity contribution in [1.82, 2.24) is 5.32 Å². The van der Waals surface area contributed by atoms with E-state index in [4.69, 9.17) is 0 Å². The molecular weight excluding hydrogens is 198 g/mol. The highest BCUT2D eigenvalue weighted by molar-refractivity contribution is 5.39. The number of hydrogen-bond acceptors (Lipinski definition) is 2. The minimum absolute atomic E-state index is 0.280. The Balaban J connectivity index is 1.80. The summed E-state index contributed by atoms with van der Waals surface area (Å²) in [4.78, 5) is 0. The number of rotatable bonds is 3. The highest BCUT2D eigenvalue weighted by Crippen LogP contribution is 2.63. The number of piperidine rings is 1. The Hall–Kier alpha value is -1.02. The second-order valence-electron chi connectivity index (χ2n) is 5.30. The first-order chi connectivity index (χ1) is 7.71. The molecule has 3 fully saturated rings. The minimum Gasteiger partial charge on any atom is -0.508 e. The maximum atomic E-state index is 9.55. The first-order valence-corrected chi connectivity index (χ1v) is 6.18. The van der Waals surface area contributed by atoms with E-state index in [1.807, 2.05) is 6.08 Å². The molecule has 3 unspecified atom stereocenters. The van der Waals surface area contributed by atoms with Crippen LogP contribution in [0.5, 0.6) is 0 Å². The molecule has 0 bridgehead atoms. The summed E-state index contributed by atoms with van der Waals surface area (Å²) in [5.41, 5.74) is 1.78. The van der Waals surface area contributed by atoms with E-state index in [1.165, 1.54) is 30.9 Å². The monoisotopic (exact) mass is 217 g/mol. The van der Waals surface area contributed by atoms with Gasteiger partial charge in [0.2, 0.25) is 0 Å². The fourth-order valence-corrected chi connectivity index (χ4v) is 3.70. The van der Waals surface area contributed by atoms with Crippen LogP contribution in [0.3, 0.4) is 0 Å². The Morgan fingerprint density at radius 2 is 2.38 bits per heavy atom. The molecule has 0 aromatic carbocycles. The van der Waals surface area contributed by atoms with Crippen molar-refractivity contribution in [2.75, 3.05) is 0 Å². The third-order valence-electron chi connectivity index (χ3n) is 4.76. The van der Waals surface area contributed by atoms with E-state index >= 15 is 0 Å². The zero-order valence-electron chi connectivity index (χ0n) is 9.74. The average molecular weight is 217 g/mol. The van der Waals surface area contributed by atoms with Crippen LogP contribution in [-0.4, -0.2) is 16.7 Å². The van der Waals surface area contributed by atoms with E-state index in [1.54, 1.807) is 0 Å². The third kappa shape index (κ3) is 1.17. The molecule has 86 valence electrons. The molecule has 2 heteroatoms. The van der Waals surface area contributed by atoms with Gasteiger partial charge in [0.05, 0.1) is 0 Å². The van der Waals surface area contributed by atoms with Gasteiger partial charge in [-0.3, -0.25) is 0 Å². The second-order valence-corrected chi connectivity index (χ2v) is 5.30. The summed E-state index contributed by atoms with van der Waals surface area (Å²) >= 11 is 0. The molecule has 1 spiro atoms.